The first kappa shape index (κ1) is 13.4. The highest BCUT2D eigenvalue weighted by Crippen LogP contribution is 2.32. The van der Waals surface area contributed by atoms with E-state index in [1.807, 2.05) is 0 Å². The summed E-state index contributed by atoms with van der Waals surface area (Å²) in [5.74, 6) is 0. The third-order valence-electron chi connectivity index (χ3n) is 3.80. The second-order valence-electron chi connectivity index (χ2n) is 6.27. The molecule has 2 rings (SSSR count). The molecule has 0 amide bonds. The molecule has 0 spiro atoms. The van der Waals surface area contributed by atoms with Gasteiger partial charge >= 0.3 is 0 Å². The zero-order valence-electron chi connectivity index (χ0n) is 12.2. The molecule has 1 atom stereocenters. The minimum Gasteiger partial charge on any atom is -0.368 e. The summed E-state index contributed by atoms with van der Waals surface area (Å²) in [4.78, 5) is 2.55. The Labute approximate surface area is 111 Å². The van der Waals surface area contributed by atoms with Gasteiger partial charge in [-0.1, -0.05) is 45.9 Å². The van der Waals surface area contributed by atoms with Crippen molar-refractivity contribution in [2.24, 2.45) is 0 Å². The Morgan fingerprint density at radius 3 is 2.67 bits per heavy atom. The van der Waals surface area contributed by atoms with E-state index in [0.717, 1.165) is 19.6 Å². The van der Waals surface area contributed by atoms with E-state index in [1.54, 1.807) is 0 Å². The second kappa shape index (κ2) is 5.31. The molecular formula is C16H26N2. The van der Waals surface area contributed by atoms with Gasteiger partial charge in [0.1, 0.15) is 0 Å². The van der Waals surface area contributed by atoms with Gasteiger partial charge in [0.25, 0.3) is 0 Å². The van der Waals surface area contributed by atoms with Crippen molar-refractivity contribution in [1.29, 1.82) is 0 Å². The lowest BCUT2D eigenvalue weighted by Gasteiger charge is -2.38. The van der Waals surface area contributed by atoms with E-state index < -0.39 is 0 Å². The third-order valence-corrected chi connectivity index (χ3v) is 3.80. The van der Waals surface area contributed by atoms with Crippen LogP contribution < -0.4 is 10.2 Å². The van der Waals surface area contributed by atoms with Gasteiger partial charge in [0.15, 0.2) is 0 Å². The maximum absolute atomic E-state index is 3.59. The van der Waals surface area contributed by atoms with Gasteiger partial charge in [0.2, 0.25) is 0 Å². The largest absolute Gasteiger partial charge is 0.368 e. The molecule has 1 aromatic rings. The van der Waals surface area contributed by atoms with Gasteiger partial charge in [-0.25, -0.2) is 0 Å². The molecule has 0 saturated carbocycles. The molecule has 0 aliphatic carbocycles. The van der Waals surface area contributed by atoms with E-state index in [0.29, 0.717) is 6.04 Å². The SMILES string of the molecule is CCC1CN(c2ccccc2C(C)(C)C)CCN1. The van der Waals surface area contributed by atoms with Crippen LogP contribution in [0.5, 0.6) is 0 Å². The highest BCUT2D eigenvalue weighted by atomic mass is 15.2. The molecule has 0 radical (unpaired) electrons. The molecule has 1 saturated heterocycles. The quantitative estimate of drug-likeness (QED) is 0.862. The molecule has 1 aliphatic rings. The molecule has 2 nitrogen and oxygen atoms in total. The Balaban J connectivity index is 2.27. The highest BCUT2D eigenvalue weighted by Gasteiger charge is 2.24. The number of nitrogens with zero attached hydrogens (tertiary/aromatic N) is 1. The van der Waals surface area contributed by atoms with Crippen molar-refractivity contribution in [3.05, 3.63) is 29.8 Å². The number of nitrogens with one attached hydrogen (secondary N) is 1. The zero-order valence-corrected chi connectivity index (χ0v) is 12.2. The molecule has 1 N–H and O–H groups in total. The van der Waals surface area contributed by atoms with E-state index >= 15 is 0 Å². The molecule has 2 heteroatoms. The molecule has 1 heterocycles. The Bertz CT molecular complexity index is 392. The molecular weight excluding hydrogens is 220 g/mol. The van der Waals surface area contributed by atoms with E-state index in [-0.39, 0.29) is 5.41 Å². The number of rotatable bonds is 2. The number of hydrogen-bond acceptors (Lipinski definition) is 2. The highest BCUT2D eigenvalue weighted by molar-refractivity contribution is 5.56. The Hall–Kier alpha value is -1.02. The van der Waals surface area contributed by atoms with Crippen LogP contribution in [0.1, 0.15) is 39.7 Å². The summed E-state index contributed by atoms with van der Waals surface area (Å²) in [5.41, 5.74) is 3.09. The second-order valence-corrected chi connectivity index (χ2v) is 6.27. The fraction of sp³-hybridized carbons (Fsp3) is 0.625. The standard InChI is InChI=1S/C16H26N2/c1-5-13-12-18(11-10-17-13)15-9-7-6-8-14(15)16(2,3)4/h6-9,13,17H,5,10-12H2,1-4H3. The fourth-order valence-electron chi connectivity index (χ4n) is 2.70. The van der Waals surface area contributed by atoms with Gasteiger partial charge < -0.3 is 10.2 Å². The van der Waals surface area contributed by atoms with E-state index in [9.17, 15) is 0 Å². The van der Waals surface area contributed by atoms with Crippen molar-refractivity contribution in [2.75, 3.05) is 24.5 Å². The van der Waals surface area contributed by atoms with Gasteiger partial charge in [0, 0.05) is 31.4 Å². The van der Waals surface area contributed by atoms with E-state index in [4.69, 9.17) is 0 Å². The zero-order chi connectivity index (χ0) is 13.2. The van der Waals surface area contributed by atoms with Crippen molar-refractivity contribution in [3.8, 4) is 0 Å². The topological polar surface area (TPSA) is 15.3 Å². The molecule has 0 aromatic heterocycles. The monoisotopic (exact) mass is 246 g/mol. The van der Waals surface area contributed by atoms with Crippen molar-refractivity contribution in [1.82, 2.24) is 5.32 Å². The summed E-state index contributed by atoms with van der Waals surface area (Å²) in [6.07, 6.45) is 1.20. The summed E-state index contributed by atoms with van der Waals surface area (Å²) in [7, 11) is 0. The van der Waals surface area contributed by atoms with Crippen LogP contribution >= 0.6 is 0 Å². The average molecular weight is 246 g/mol. The molecule has 1 aliphatic heterocycles. The molecule has 18 heavy (non-hydrogen) atoms. The maximum atomic E-state index is 3.59. The molecule has 1 fully saturated rings. The summed E-state index contributed by atoms with van der Waals surface area (Å²) in [6.45, 7) is 12.5. The van der Waals surface area contributed by atoms with Crippen LogP contribution in [0.4, 0.5) is 5.69 Å². The van der Waals surface area contributed by atoms with Crippen LogP contribution in [-0.2, 0) is 5.41 Å². The number of hydrogen-bond donors (Lipinski definition) is 1. The molecule has 1 aromatic carbocycles. The van der Waals surface area contributed by atoms with Crippen LogP contribution in [0.25, 0.3) is 0 Å². The van der Waals surface area contributed by atoms with Gasteiger partial charge in [-0.15, -0.1) is 0 Å². The van der Waals surface area contributed by atoms with Gasteiger partial charge in [-0.2, -0.15) is 0 Å². The number of benzene rings is 1. The molecule has 100 valence electrons. The smallest absolute Gasteiger partial charge is 0.0405 e. The first-order valence-corrected chi connectivity index (χ1v) is 7.10. The van der Waals surface area contributed by atoms with Crippen LogP contribution in [0, 0.1) is 0 Å². The first-order valence-electron chi connectivity index (χ1n) is 7.10. The van der Waals surface area contributed by atoms with Gasteiger partial charge in [-0.05, 0) is 23.5 Å². The third kappa shape index (κ3) is 2.86. The number of piperazine rings is 1. The minimum atomic E-state index is 0.211. The average Bonchev–Trinajstić information content (AvgIpc) is 2.38. The lowest BCUT2D eigenvalue weighted by atomic mass is 9.85. The summed E-state index contributed by atoms with van der Waals surface area (Å²) in [5, 5.41) is 3.59. The number of anilines is 1. The minimum absolute atomic E-state index is 0.211. The number of para-hydroxylation sites is 1. The Kier molecular flexibility index (Phi) is 3.96. The molecule has 1 unspecified atom stereocenters. The normalized spacial score (nSPS) is 21.1. The van der Waals surface area contributed by atoms with Gasteiger partial charge in [-0.3, -0.25) is 0 Å². The van der Waals surface area contributed by atoms with Crippen LogP contribution in [0.2, 0.25) is 0 Å². The van der Waals surface area contributed by atoms with E-state index in [2.05, 4.69) is 62.2 Å². The Morgan fingerprint density at radius 1 is 1.28 bits per heavy atom. The maximum Gasteiger partial charge on any atom is 0.0405 e. The van der Waals surface area contributed by atoms with Crippen LogP contribution in [-0.4, -0.2) is 25.7 Å². The van der Waals surface area contributed by atoms with E-state index in [1.165, 1.54) is 17.7 Å². The lowest BCUT2D eigenvalue weighted by molar-refractivity contribution is 0.444. The summed E-state index contributed by atoms with van der Waals surface area (Å²) >= 11 is 0. The Morgan fingerprint density at radius 2 is 2.00 bits per heavy atom. The van der Waals surface area contributed by atoms with Gasteiger partial charge in [0.05, 0.1) is 0 Å². The predicted molar refractivity (Wildman–Crippen MR) is 79.4 cm³/mol. The fourth-order valence-corrected chi connectivity index (χ4v) is 2.70. The van der Waals surface area contributed by atoms with Crippen LogP contribution in [0.3, 0.4) is 0 Å². The summed E-state index contributed by atoms with van der Waals surface area (Å²) < 4.78 is 0. The molecule has 0 bridgehead atoms. The van der Waals surface area contributed by atoms with Crippen LogP contribution in [0.15, 0.2) is 24.3 Å². The first-order chi connectivity index (χ1) is 8.52. The lowest BCUT2D eigenvalue weighted by Crippen LogP contribution is -2.50. The van der Waals surface area contributed by atoms with Crippen molar-refractivity contribution >= 4 is 5.69 Å². The van der Waals surface area contributed by atoms with Crippen molar-refractivity contribution < 1.29 is 0 Å². The predicted octanol–water partition coefficient (Wildman–Crippen LogP) is 3.17. The van der Waals surface area contributed by atoms with Crippen molar-refractivity contribution in [2.45, 2.75) is 45.6 Å². The van der Waals surface area contributed by atoms with Crippen molar-refractivity contribution in [3.63, 3.8) is 0 Å². The summed E-state index contributed by atoms with van der Waals surface area (Å²) in [6, 6.07) is 9.50.